The van der Waals surface area contributed by atoms with Gasteiger partial charge in [-0.05, 0) is 43.0 Å². The molecule has 2 aromatic rings. The molecule has 2 aromatic carbocycles. The molecule has 0 fully saturated rings. The summed E-state index contributed by atoms with van der Waals surface area (Å²) in [6, 6.07) is 12.0. The van der Waals surface area contributed by atoms with Crippen molar-refractivity contribution < 1.29 is 18.9 Å². The van der Waals surface area contributed by atoms with E-state index in [1.807, 2.05) is 31.2 Å². The summed E-state index contributed by atoms with van der Waals surface area (Å²) in [6.07, 6.45) is 0.983. The SMILES string of the molecule is CCNC(=NCc1cc(OC)c(OC)cc1OC)NCCC(C)c1ccc(OC)cc1. The van der Waals surface area contributed by atoms with E-state index in [2.05, 4.69) is 29.7 Å². The van der Waals surface area contributed by atoms with Gasteiger partial charge in [-0.15, -0.1) is 0 Å². The number of guanidine groups is 1. The molecule has 7 heteroatoms. The first-order chi connectivity index (χ1) is 15.1. The van der Waals surface area contributed by atoms with Gasteiger partial charge in [-0.2, -0.15) is 0 Å². The maximum Gasteiger partial charge on any atom is 0.191 e. The van der Waals surface area contributed by atoms with Gasteiger partial charge in [0, 0.05) is 24.7 Å². The van der Waals surface area contributed by atoms with E-state index in [-0.39, 0.29) is 0 Å². The van der Waals surface area contributed by atoms with Crippen molar-refractivity contribution in [1.29, 1.82) is 0 Å². The molecule has 0 saturated carbocycles. The van der Waals surface area contributed by atoms with Crippen LogP contribution in [0.4, 0.5) is 0 Å². The Kier molecular flexibility index (Phi) is 9.81. The minimum atomic E-state index is 0.423. The van der Waals surface area contributed by atoms with Crippen molar-refractivity contribution in [3.8, 4) is 23.0 Å². The number of nitrogens with zero attached hydrogens (tertiary/aromatic N) is 1. The summed E-state index contributed by atoms with van der Waals surface area (Å²) in [4.78, 5) is 4.72. The third-order valence-corrected chi connectivity index (χ3v) is 5.09. The van der Waals surface area contributed by atoms with E-state index in [0.717, 1.165) is 36.8 Å². The van der Waals surface area contributed by atoms with Crippen LogP contribution < -0.4 is 29.6 Å². The Hall–Kier alpha value is -3.09. The zero-order valence-corrected chi connectivity index (χ0v) is 19.5. The van der Waals surface area contributed by atoms with Gasteiger partial charge < -0.3 is 29.6 Å². The van der Waals surface area contributed by atoms with Crippen LogP contribution in [0.25, 0.3) is 0 Å². The molecule has 0 bridgehead atoms. The zero-order valence-electron chi connectivity index (χ0n) is 19.5. The van der Waals surface area contributed by atoms with Crippen LogP contribution in [-0.4, -0.2) is 47.5 Å². The Balaban J connectivity index is 2.01. The Bertz CT molecular complexity index is 837. The highest BCUT2D eigenvalue weighted by Gasteiger charge is 2.12. The van der Waals surface area contributed by atoms with E-state index < -0.39 is 0 Å². The predicted octanol–water partition coefficient (Wildman–Crippen LogP) is 3.97. The van der Waals surface area contributed by atoms with Crippen molar-refractivity contribution in [3.05, 3.63) is 47.5 Å². The summed E-state index contributed by atoms with van der Waals surface area (Å²) < 4.78 is 21.5. The van der Waals surface area contributed by atoms with Crippen molar-refractivity contribution >= 4 is 5.96 Å². The van der Waals surface area contributed by atoms with E-state index in [1.54, 1.807) is 28.4 Å². The second-order valence-electron chi connectivity index (χ2n) is 7.10. The van der Waals surface area contributed by atoms with Crippen LogP contribution in [0.5, 0.6) is 23.0 Å². The number of rotatable bonds is 11. The zero-order chi connectivity index (χ0) is 22.6. The average molecular weight is 430 g/mol. The lowest BCUT2D eigenvalue weighted by Gasteiger charge is -2.16. The number of aliphatic imine (C=N–C) groups is 1. The van der Waals surface area contributed by atoms with Crippen LogP contribution in [0, 0.1) is 0 Å². The van der Waals surface area contributed by atoms with Gasteiger partial charge in [-0.25, -0.2) is 4.99 Å². The molecule has 1 atom stereocenters. The highest BCUT2D eigenvalue weighted by Crippen LogP contribution is 2.34. The molecule has 0 aliphatic rings. The van der Waals surface area contributed by atoms with E-state index >= 15 is 0 Å². The van der Waals surface area contributed by atoms with E-state index in [0.29, 0.717) is 29.7 Å². The quantitative estimate of drug-likeness (QED) is 0.416. The fraction of sp³-hybridized carbons (Fsp3) is 0.458. The summed E-state index contributed by atoms with van der Waals surface area (Å²) >= 11 is 0. The average Bonchev–Trinajstić information content (AvgIpc) is 2.81. The molecule has 0 heterocycles. The molecule has 0 amide bonds. The maximum atomic E-state index is 5.50. The number of methoxy groups -OCH3 is 4. The Labute approximate surface area is 185 Å². The minimum Gasteiger partial charge on any atom is -0.497 e. The van der Waals surface area contributed by atoms with Gasteiger partial charge in [0.05, 0.1) is 35.0 Å². The van der Waals surface area contributed by atoms with Gasteiger partial charge in [0.25, 0.3) is 0 Å². The second-order valence-corrected chi connectivity index (χ2v) is 7.10. The van der Waals surface area contributed by atoms with Gasteiger partial charge in [0.1, 0.15) is 11.5 Å². The number of hydrogen-bond acceptors (Lipinski definition) is 5. The topological polar surface area (TPSA) is 73.3 Å². The molecule has 0 aliphatic heterocycles. The molecule has 31 heavy (non-hydrogen) atoms. The molecule has 0 saturated heterocycles. The standard InChI is InChI=1S/C24H35N3O4/c1-7-25-24(26-13-12-17(2)18-8-10-20(28-3)11-9-18)27-16-19-14-22(30-5)23(31-6)15-21(19)29-4/h8-11,14-15,17H,7,12-13,16H2,1-6H3,(H2,25,26,27). The molecule has 170 valence electrons. The van der Waals surface area contributed by atoms with Crippen LogP contribution >= 0.6 is 0 Å². The van der Waals surface area contributed by atoms with E-state index in [4.69, 9.17) is 23.9 Å². The van der Waals surface area contributed by atoms with E-state index in [1.165, 1.54) is 5.56 Å². The van der Waals surface area contributed by atoms with Crippen LogP contribution in [0.2, 0.25) is 0 Å². The fourth-order valence-electron chi connectivity index (χ4n) is 3.23. The first-order valence-electron chi connectivity index (χ1n) is 10.5. The van der Waals surface area contributed by atoms with Crippen LogP contribution in [0.3, 0.4) is 0 Å². The second kappa shape index (κ2) is 12.6. The first kappa shape index (κ1) is 24.2. The third-order valence-electron chi connectivity index (χ3n) is 5.09. The predicted molar refractivity (Wildman–Crippen MR) is 125 cm³/mol. The van der Waals surface area contributed by atoms with Gasteiger partial charge in [0.2, 0.25) is 0 Å². The van der Waals surface area contributed by atoms with Gasteiger partial charge in [-0.1, -0.05) is 19.1 Å². The smallest absolute Gasteiger partial charge is 0.191 e. The Morgan fingerprint density at radius 3 is 2.10 bits per heavy atom. The molecule has 7 nitrogen and oxygen atoms in total. The number of benzene rings is 2. The number of hydrogen-bond donors (Lipinski definition) is 2. The fourth-order valence-corrected chi connectivity index (χ4v) is 3.23. The molecular weight excluding hydrogens is 394 g/mol. The molecule has 2 N–H and O–H groups in total. The molecule has 0 spiro atoms. The van der Waals surface area contributed by atoms with Gasteiger partial charge in [0.15, 0.2) is 17.5 Å². The van der Waals surface area contributed by atoms with Crippen LogP contribution in [0.15, 0.2) is 41.4 Å². The van der Waals surface area contributed by atoms with E-state index in [9.17, 15) is 0 Å². The van der Waals surface area contributed by atoms with Crippen LogP contribution in [0.1, 0.15) is 37.3 Å². The summed E-state index contributed by atoms with van der Waals surface area (Å²) in [5, 5.41) is 6.72. The van der Waals surface area contributed by atoms with Crippen molar-refractivity contribution in [2.75, 3.05) is 41.5 Å². The molecule has 0 aliphatic carbocycles. The normalized spacial score (nSPS) is 12.1. The maximum absolute atomic E-state index is 5.50. The molecule has 1 unspecified atom stereocenters. The van der Waals surface area contributed by atoms with Gasteiger partial charge in [-0.3, -0.25) is 0 Å². The summed E-state index contributed by atoms with van der Waals surface area (Å²) in [5.74, 6) is 4.06. The van der Waals surface area contributed by atoms with Crippen molar-refractivity contribution in [2.45, 2.75) is 32.7 Å². The van der Waals surface area contributed by atoms with Crippen LogP contribution in [-0.2, 0) is 6.54 Å². The summed E-state index contributed by atoms with van der Waals surface area (Å²) in [7, 11) is 6.54. The largest absolute Gasteiger partial charge is 0.497 e. The summed E-state index contributed by atoms with van der Waals surface area (Å²) in [5.41, 5.74) is 2.21. The summed E-state index contributed by atoms with van der Waals surface area (Å²) in [6.45, 7) is 6.31. The lowest BCUT2D eigenvalue weighted by molar-refractivity contribution is 0.347. The highest BCUT2D eigenvalue weighted by molar-refractivity contribution is 5.79. The Morgan fingerprint density at radius 2 is 1.52 bits per heavy atom. The highest BCUT2D eigenvalue weighted by atomic mass is 16.5. The minimum absolute atomic E-state index is 0.423. The monoisotopic (exact) mass is 429 g/mol. The first-order valence-corrected chi connectivity index (χ1v) is 10.5. The van der Waals surface area contributed by atoms with Crippen molar-refractivity contribution in [1.82, 2.24) is 10.6 Å². The molecule has 2 rings (SSSR count). The van der Waals surface area contributed by atoms with Gasteiger partial charge >= 0.3 is 0 Å². The third kappa shape index (κ3) is 6.98. The van der Waals surface area contributed by atoms with Crippen molar-refractivity contribution in [2.24, 2.45) is 4.99 Å². The number of nitrogens with one attached hydrogen (secondary N) is 2. The molecular formula is C24H35N3O4. The Morgan fingerprint density at radius 1 is 0.871 bits per heavy atom. The molecule has 0 aromatic heterocycles. The lowest BCUT2D eigenvalue weighted by atomic mass is 9.98. The van der Waals surface area contributed by atoms with Crippen molar-refractivity contribution in [3.63, 3.8) is 0 Å². The lowest BCUT2D eigenvalue weighted by Crippen LogP contribution is -2.38. The number of ether oxygens (including phenoxy) is 4. The molecule has 0 radical (unpaired) electrons.